The molecule has 1 N–H and O–H groups in total. The van der Waals surface area contributed by atoms with Crippen molar-refractivity contribution in [2.24, 2.45) is 0 Å². The molecule has 0 saturated heterocycles. The third kappa shape index (κ3) is 2.62. The molecule has 2 aromatic rings. The quantitative estimate of drug-likeness (QED) is 0.943. The Morgan fingerprint density at radius 2 is 2.22 bits per heavy atom. The summed E-state index contributed by atoms with van der Waals surface area (Å²) in [6.45, 7) is 2.70. The SMILES string of the molecule is Cc1ccc(-c2nnc(CNC3CC3)o2)c(Br)c1. The highest BCUT2D eigenvalue weighted by Crippen LogP contribution is 2.28. The predicted molar refractivity (Wildman–Crippen MR) is 72.0 cm³/mol. The highest BCUT2D eigenvalue weighted by Gasteiger charge is 2.21. The molecule has 1 fully saturated rings. The lowest BCUT2D eigenvalue weighted by Gasteiger charge is -2.00. The van der Waals surface area contributed by atoms with Crippen LogP contribution in [0.3, 0.4) is 0 Å². The maximum Gasteiger partial charge on any atom is 0.248 e. The Labute approximate surface area is 114 Å². The molecule has 0 bridgehead atoms. The Morgan fingerprint density at radius 3 is 2.94 bits per heavy atom. The molecule has 1 aliphatic carbocycles. The summed E-state index contributed by atoms with van der Waals surface area (Å²) in [5, 5.41) is 11.5. The molecule has 5 heteroatoms. The van der Waals surface area contributed by atoms with Gasteiger partial charge in [-0.1, -0.05) is 6.07 Å². The largest absolute Gasteiger partial charge is 0.419 e. The first-order chi connectivity index (χ1) is 8.72. The summed E-state index contributed by atoms with van der Waals surface area (Å²) >= 11 is 3.52. The van der Waals surface area contributed by atoms with E-state index in [-0.39, 0.29) is 0 Å². The summed E-state index contributed by atoms with van der Waals surface area (Å²) in [4.78, 5) is 0. The maximum atomic E-state index is 5.65. The maximum absolute atomic E-state index is 5.65. The summed E-state index contributed by atoms with van der Waals surface area (Å²) in [5.41, 5.74) is 2.13. The number of nitrogens with zero attached hydrogens (tertiary/aromatic N) is 2. The Bertz CT molecular complexity index is 563. The van der Waals surface area contributed by atoms with E-state index in [1.54, 1.807) is 0 Å². The molecule has 1 saturated carbocycles. The Kier molecular flexibility index (Phi) is 3.18. The van der Waals surface area contributed by atoms with Crippen molar-refractivity contribution in [1.29, 1.82) is 0 Å². The van der Waals surface area contributed by atoms with Crippen molar-refractivity contribution in [3.63, 3.8) is 0 Å². The number of aryl methyl sites for hydroxylation is 1. The third-order valence-corrected chi connectivity index (χ3v) is 3.60. The van der Waals surface area contributed by atoms with Gasteiger partial charge in [-0.2, -0.15) is 0 Å². The van der Waals surface area contributed by atoms with Gasteiger partial charge < -0.3 is 9.73 Å². The van der Waals surface area contributed by atoms with Crippen LogP contribution < -0.4 is 5.32 Å². The lowest BCUT2D eigenvalue weighted by Crippen LogP contribution is -2.15. The average molecular weight is 308 g/mol. The zero-order chi connectivity index (χ0) is 12.5. The van der Waals surface area contributed by atoms with E-state index >= 15 is 0 Å². The molecule has 18 heavy (non-hydrogen) atoms. The summed E-state index contributed by atoms with van der Waals surface area (Å²) in [6, 6.07) is 6.71. The molecular weight excluding hydrogens is 294 g/mol. The normalized spacial score (nSPS) is 15.0. The number of hydrogen-bond donors (Lipinski definition) is 1. The summed E-state index contributed by atoms with van der Waals surface area (Å²) in [5.74, 6) is 1.21. The van der Waals surface area contributed by atoms with Crippen molar-refractivity contribution in [3.05, 3.63) is 34.1 Å². The van der Waals surface area contributed by atoms with Gasteiger partial charge in [0.25, 0.3) is 0 Å². The van der Waals surface area contributed by atoms with E-state index in [1.807, 2.05) is 25.1 Å². The van der Waals surface area contributed by atoms with E-state index in [1.165, 1.54) is 18.4 Å². The predicted octanol–water partition coefficient (Wildman–Crippen LogP) is 3.06. The van der Waals surface area contributed by atoms with E-state index in [0.29, 0.717) is 24.4 Å². The monoisotopic (exact) mass is 307 g/mol. The number of aromatic nitrogens is 2. The summed E-state index contributed by atoms with van der Waals surface area (Å²) < 4.78 is 6.63. The van der Waals surface area contributed by atoms with Crippen LogP contribution >= 0.6 is 15.9 Å². The van der Waals surface area contributed by atoms with Crippen LogP contribution in [0.4, 0.5) is 0 Å². The molecule has 0 aliphatic heterocycles. The fraction of sp³-hybridized carbons (Fsp3) is 0.385. The van der Waals surface area contributed by atoms with Gasteiger partial charge in [-0.05, 0) is 53.4 Å². The Balaban J connectivity index is 1.78. The van der Waals surface area contributed by atoms with Gasteiger partial charge in [0.05, 0.1) is 12.1 Å². The zero-order valence-electron chi connectivity index (χ0n) is 10.1. The first-order valence-corrected chi connectivity index (χ1v) is 6.84. The topological polar surface area (TPSA) is 51.0 Å². The molecule has 0 radical (unpaired) electrons. The second-order valence-corrected chi connectivity index (χ2v) is 5.49. The van der Waals surface area contributed by atoms with Crippen LogP contribution in [0.25, 0.3) is 11.5 Å². The summed E-state index contributed by atoms with van der Waals surface area (Å²) in [6.07, 6.45) is 2.51. The van der Waals surface area contributed by atoms with Gasteiger partial charge in [-0.3, -0.25) is 0 Å². The highest BCUT2D eigenvalue weighted by atomic mass is 79.9. The fourth-order valence-electron chi connectivity index (χ4n) is 1.75. The van der Waals surface area contributed by atoms with Crippen molar-refractivity contribution in [3.8, 4) is 11.5 Å². The standard InChI is InChI=1S/C13H14BrN3O/c1-8-2-5-10(11(14)6-8)13-17-16-12(18-13)7-15-9-3-4-9/h2,5-6,9,15H,3-4,7H2,1H3. The van der Waals surface area contributed by atoms with E-state index in [4.69, 9.17) is 4.42 Å². The number of halogens is 1. The first-order valence-electron chi connectivity index (χ1n) is 6.04. The van der Waals surface area contributed by atoms with Crippen molar-refractivity contribution >= 4 is 15.9 Å². The molecule has 0 spiro atoms. The number of benzene rings is 1. The second-order valence-electron chi connectivity index (χ2n) is 4.64. The molecule has 4 nitrogen and oxygen atoms in total. The van der Waals surface area contributed by atoms with E-state index in [9.17, 15) is 0 Å². The van der Waals surface area contributed by atoms with Gasteiger partial charge in [-0.15, -0.1) is 10.2 Å². The van der Waals surface area contributed by atoms with E-state index in [2.05, 4.69) is 31.4 Å². The highest BCUT2D eigenvalue weighted by molar-refractivity contribution is 9.10. The van der Waals surface area contributed by atoms with Crippen molar-refractivity contribution in [2.75, 3.05) is 0 Å². The van der Waals surface area contributed by atoms with Gasteiger partial charge in [0.15, 0.2) is 0 Å². The van der Waals surface area contributed by atoms with Gasteiger partial charge in [0.2, 0.25) is 11.8 Å². The van der Waals surface area contributed by atoms with Crippen molar-refractivity contribution in [2.45, 2.75) is 32.4 Å². The van der Waals surface area contributed by atoms with Gasteiger partial charge >= 0.3 is 0 Å². The fourth-order valence-corrected chi connectivity index (χ4v) is 2.41. The molecule has 0 unspecified atom stereocenters. The minimum atomic E-state index is 0.564. The Morgan fingerprint density at radius 1 is 1.39 bits per heavy atom. The molecule has 3 rings (SSSR count). The summed E-state index contributed by atoms with van der Waals surface area (Å²) in [7, 11) is 0. The second kappa shape index (κ2) is 4.82. The van der Waals surface area contributed by atoms with Crippen LogP contribution in [-0.4, -0.2) is 16.2 Å². The minimum Gasteiger partial charge on any atom is -0.419 e. The van der Waals surface area contributed by atoms with Crippen LogP contribution in [0.15, 0.2) is 27.1 Å². The number of nitrogens with one attached hydrogen (secondary N) is 1. The molecule has 1 aliphatic rings. The van der Waals surface area contributed by atoms with E-state index < -0.39 is 0 Å². The molecule has 0 atom stereocenters. The molecule has 94 valence electrons. The van der Waals surface area contributed by atoms with Gasteiger partial charge in [0, 0.05) is 10.5 Å². The molecule has 0 amide bonds. The van der Waals surface area contributed by atoms with E-state index in [0.717, 1.165) is 10.0 Å². The molecule has 1 aromatic carbocycles. The van der Waals surface area contributed by atoms with Crippen LogP contribution in [0.5, 0.6) is 0 Å². The zero-order valence-corrected chi connectivity index (χ0v) is 11.7. The lowest BCUT2D eigenvalue weighted by molar-refractivity contribution is 0.476. The Hall–Kier alpha value is -1.20. The van der Waals surface area contributed by atoms with Crippen LogP contribution in [0.1, 0.15) is 24.3 Å². The number of hydrogen-bond acceptors (Lipinski definition) is 4. The van der Waals surface area contributed by atoms with Crippen molar-refractivity contribution < 1.29 is 4.42 Å². The lowest BCUT2D eigenvalue weighted by atomic mass is 10.1. The van der Waals surface area contributed by atoms with Gasteiger partial charge in [-0.25, -0.2) is 0 Å². The number of rotatable bonds is 4. The van der Waals surface area contributed by atoms with Crippen molar-refractivity contribution in [1.82, 2.24) is 15.5 Å². The third-order valence-electron chi connectivity index (χ3n) is 2.94. The van der Waals surface area contributed by atoms with Crippen LogP contribution in [0.2, 0.25) is 0 Å². The molecule has 1 heterocycles. The molecular formula is C13H14BrN3O. The van der Waals surface area contributed by atoms with Crippen LogP contribution in [-0.2, 0) is 6.54 Å². The van der Waals surface area contributed by atoms with Crippen LogP contribution in [0, 0.1) is 6.92 Å². The van der Waals surface area contributed by atoms with Gasteiger partial charge in [0.1, 0.15) is 0 Å². The first kappa shape index (κ1) is 11.9. The minimum absolute atomic E-state index is 0.564. The average Bonchev–Trinajstić information content (AvgIpc) is 3.05. The smallest absolute Gasteiger partial charge is 0.248 e. The molecule has 1 aromatic heterocycles.